The zero-order valence-corrected chi connectivity index (χ0v) is 70.0. The topological polar surface area (TPSA) is 499 Å². The zero-order valence-electron chi connectivity index (χ0n) is 70.0. The lowest BCUT2D eigenvalue weighted by Crippen LogP contribution is -2.69. The average molecular weight is 1730 g/mol. The van der Waals surface area contributed by atoms with Crippen molar-refractivity contribution >= 4 is 47.8 Å². The second-order valence-corrected chi connectivity index (χ2v) is 28.5. The number of azide groups is 1. The molecule has 0 aliphatic carbocycles. The monoisotopic (exact) mass is 1730 g/mol. The van der Waals surface area contributed by atoms with Crippen molar-refractivity contribution < 1.29 is 199 Å². The van der Waals surface area contributed by atoms with Crippen LogP contribution in [-0.4, -0.2) is 394 Å². The maximum atomic E-state index is 14.1. The van der Waals surface area contributed by atoms with Crippen LogP contribution in [0, 0.1) is 0 Å². The fraction of sp³-hybridized carbons (Fsp3) is 0.813. The number of hydrogen-bond donors (Lipinski definition) is 0. The van der Waals surface area contributed by atoms with E-state index in [2.05, 4.69) is 10.0 Å². The standard InChI is InChI=1S/C75H111N3O42/c1-32(79)99-28-43-53(103-34(3)81)60(104-35(4)82)66(106-37(6)84)75(113-43)120-54-44(29-100-33(2)80)114-74(67(107-38(7)85)61(54)105-36(5)83)119-52-45(30-101-68(86)39-23-21-20-22-24-39)112-73(65(98-19)59(52)94-15)118-51-42(27-89-10)111-72(64(97-18)58(51)93-14)117-50-41(26-88-9)110-71(63(96-17)57(50)92-13)116-49-40(25-87-8)109-70(62(95-16)56(49)91-12)115-48-46-31-102-69(108-46)47(77-78-76)55(48)90-11/h20-24,40-67,69-75H,25-31H2,1-19H3/t40?,41?,42?,43?,44?,45?,46?,47-,48-,49+,50+,51-,52-,53+,54+,55?,56?,57?,58?,59?,60?,61?,62?,63?,64+,65+,66?,67?,69-,70+,71+,72-,73-,74+,75+/m0/s1. The molecular weight excluding hydrogens is 1610 g/mol. The van der Waals surface area contributed by atoms with Crippen LogP contribution >= 0.6 is 0 Å². The molecule has 0 radical (unpaired) electrons. The van der Waals surface area contributed by atoms with Gasteiger partial charge in [-0.3, -0.25) is 33.6 Å². The molecule has 45 heteroatoms. The molecule has 120 heavy (non-hydrogen) atoms. The van der Waals surface area contributed by atoms with Gasteiger partial charge in [0, 0.05) is 139 Å². The minimum Gasteiger partial charge on any atom is -0.463 e. The molecule has 8 heterocycles. The SMILES string of the molecule is COCC1O[C@H](O[C@H]2C3CO[C@@H](O3)[C@@H](N=[N+]=[N-])C2OC)C(OC)C(OC)[C@@H]1O[C@H]1OC(COC)[C@@H](O[C@@H]2OC(COC)[C@H](O[C@@H]3OC(COC(=O)c4ccccc4)[C@H](O[C@H]4OC(COC(C)=O)[C@@H](O[C@H]5OC(COC(C)=O)[C@@H](OC(C)=O)C(OC(C)=O)C5OC(C)=O)C(OC(C)=O)C4OC(C)=O)C(OC)[C@H]3OC)C(OC)[C@H]2OC)C(OC)C1OC. The van der Waals surface area contributed by atoms with Gasteiger partial charge in [-0.25, -0.2) is 4.79 Å². The van der Waals surface area contributed by atoms with Crippen molar-refractivity contribution in [3.8, 4) is 0 Å². The van der Waals surface area contributed by atoms with E-state index in [0.29, 0.717) is 0 Å². The van der Waals surface area contributed by atoms with E-state index in [1.165, 1.54) is 97.5 Å². The summed E-state index contributed by atoms with van der Waals surface area (Å²) in [6.07, 6.45) is -46.7. The maximum Gasteiger partial charge on any atom is 0.338 e. The van der Waals surface area contributed by atoms with Crippen molar-refractivity contribution in [1.82, 2.24) is 0 Å². The molecule has 9 rings (SSSR count). The van der Waals surface area contributed by atoms with Crippen molar-refractivity contribution in [3.05, 3.63) is 46.3 Å². The van der Waals surface area contributed by atoms with E-state index in [0.717, 1.165) is 48.5 Å². The Morgan fingerprint density at radius 1 is 0.325 bits per heavy atom. The van der Waals surface area contributed by atoms with E-state index in [9.17, 15) is 43.9 Å². The molecule has 0 amide bonds. The molecule has 45 nitrogen and oxygen atoms in total. The van der Waals surface area contributed by atoms with Crippen LogP contribution in [0.5, 0.6) is 0 Å². The van der Waals surface area contributed by atoms with Gasteiger partial charge in [-0.05, 0) is 17.7 Å². The number of benzene rings is 1. The number of hydrogen-bond acceptors (Lipinski definition) is 43. The maximum absolute atomic E-state index is 14.1. The van der Waals surface area contributed by atoms with E-state index in [1.807, 2.05) is 0 Å². The highest BCUT2D eigenvalue weighted by molar-refractivity contribution is 5.89. The van der Waals surface area contributed by atoms with Crippen LogP contribution in [0.25, 0.3) is 10.4 Å². The Morgan fingerprint density at radius 2 is 0.608 bits per heavy atom. The Kier molecular flexibility index (Phi) is 37.4. The summed E-state index contributed by atoms with van der Waals surface area (Å²) >= 11 is 0. The minimum absolute atomic E-state index is 0.0783. The summed E-state index contributed by atoms with van der Waals surface area (Å²) < 4.78 is 212. The number of methoxy groups -OCH3 is 12. The van der Waals surface area contributed by atoms with E-state index in [1.54, 1.807) is 18.2 Å². The number of fused-ring (bicyclic) bond motifs is 2. The molecule has 8 saturated heterocycles. The average Bonchev–Trinajstić information content (AvgIpc) is 1.11. The Bertz CT molecular complexity index is 3500. The predicted octanol–water partition coefficient (Wildman–Crippen LogP) is -0.203. The summed E-state index contributed by atoms with van der Waals surface area (Å²) in [5, 5.41) is 3.90. The van der Waals surface area contributed by atoms with E-state index < -0.39 is 282 Å². The predicted molar refractivity (Wildman–Crippen MR) is 389 cm³/mol. The number of carbonyl (C=O) groups is 8. The molecule has 8 aliphatic rings. The summed E-state index contributed by atoms with van der Waals surface area (Å²) in [5.74, 6) is -7.62. The van der Waals surface area contributed by atoms with Crippen molar-refractivity contribution in [3.63, 3.8) is 0 Å². The number of rotatable bonds is 40. The Morgan fingerprint density at radius 3 is 0.925 bits per heavy atom. The highest BCUT2D eigenvalue weighted by atomic mass is 16.8. The number of nitrogens with zero attached hydrogens (tertiary/aromatic N) is 3. The third kappa shape index (κ3) is 23.6. The number of ether oxygens (including phenoxy) is 34. The van der Waals surface area contributed by atoms with Crippen LogP contribution in [0.2, 0.25) is 0 Å². The van der Waals surface area contributed by atoms with Gasteiger partial charge < -0.3 is 161 Å². The van der Waals surface area contributed by atoms with E-state index in [4.69, 9.17) is 161 Å². The highest BCUT2D eigenvalue weighted by Crippen LogP contribution is 2.44. The van der Waals surface area contributed by atoms with Gasteiger partial charge in [0.15, 0.2) is 74.6 Å². The minimum atomic E-state index is -2.02. The highest BCUT2D eigenvalue weighted by Gasteiger charge is 2.63. The molecule has 18 unspecified atom stereocenters. The molecule has 8 fully saturated rings. The van der Waals surface area contributed by atoms with Gasteiger partial charge >= 0.3 is 47.8 Å². The first-order valence-electron chi connectivity index (χ1n) is 38.4. The lowest BCUT2D eigenvalue weighted by molar-refractivity contribution is -0.402. The Hall–Kier alpha value is -6.75. The molecule has 0 saturated carbocycles. The molecule has 678 valence electrons. The summed E-state index contributed by atoms with van der Waals surface area (Å²) in [5.41, 5.74) is 9.58. The second kappa shape index (κ2) is 46.3. The van der Waals surface area contributed by atoms with Gasteiger partial charge in [-0.15, -0.1) is 0 Å². The molecule has 1 aromatic rings. The fourth-order valence-electron chi connectivity index (χ4n) is 15.8. The molecule has 2 bridgehead atoms. The smallest absolute Gasteiger partial charge is 0.338 e. The second-order valence-electron chi connectivity index (χ2n) is 28.5. The van der Waals surface area contributed by atoms with Crippen LogP contribution in [-0.2, 0) is 195 Å². The summed E-state index contributed by atoms with van der Waals surface area (Å²) in [7, 11) is 16.8. The third-order valence-electron chi connectivity index (χ3n) is 20.8. The molecule has 0 aromatic heterocycles. The van der Waals surface area contributed by atoms with Crippen LogP contribution in [0.1, 0.15) is 58.8 Å². The molecule has 8 aliphatic heterocycles. The number of esters is 8. The Labute approximate surface area is 691 Å². The largest absolute Gasteiger partial charge is 0.463 e. The first kappa shape index (κ1) is 97.1. The first-order chi connectivity index (χ1) is 57.6. The summed E-state index contributed by atoms with van der Waals surface area (Å²) in [6.45, 7) is 4.53. The van der Waals surface area contributed by atoms with Crippen molar-refractivity contribution in [1.29, 1.82) is 0 Å². The molecule has 1 aromatic carbocycles. The third-order valence-corrected chi connectivity index (χ3v) is 20.8. The van der Waals surface area contributed by atoms with Crippen molar-refractivity contribution in [2.45, 2.75) is 263 Å². The van der Waals surface area contributed by atoms with Gasteiger partial charge in [0.1, 0.15) is 154 Å². The molecular formula is C75H111N3O42. The van der Waals surface area contributed by atoms with Gasteiger partial charge in [0.25, 0.3) is 0 Å². The summed E-state index contributed by atoms with van der Waals surface area (Å²) in [6, 6.07) is 6.96. The normalized spacial score (nSPS) is 38.6. The first-order valence-corrected chi connectivity index (χ1v) is 38.4. The lowest BCUT2D eigenvalue weighted by Gasteiger charge is -2.52. The molecule has 35 atom stereocenters. The van der Waals surface area contributed by atoms with Crippen molar-refractivity contribution in [2.75, 3.05) is 132 Å². The van der Waals surface area contributed by atoms with E-state index in [-0.39, 0.29) is 32.0 Å². The van der Waals surface area contributed by atoms with Crippen LogP contribution in [0.4, 0.5) is 0 Å². The van der Waals surface area contributed by atoms with Crippen LogP contribution in [0.15, 0.2) is 35.4 Å². The lowest BCUT2D eigenvalue weighted by atomic mass is 9.94. The Balaban J connectivity index is 1.01. The molecule has 0 N–H and O–H groups in total. The quantitative estimate of drug-likeness (QED) is 0.0270. The van der Waals surface area contributed by atoms with E-state index >= 15 is 0 Å². The van der Waals surface area contributed by atoms with Gasteiger partial charge in [-0.1, -0.05) is 23.3 Å². The fourth-order valence-corrected chi connectivity index (χ4v) is 15.8. The van der Waals surface area contributed by atoms with Crippen LogP contribution < -0.4 is 0 Å². The number of carbonyl (C=O) groups excluding carboxylic acids is 8. The molecule has 0 spiro atoms. The van der Waals surface area contributed by atoms with Gasteiger partial charge in [-0.2, -0.15) is 0 Å². The van der Waals surface area contributed by atoms with Gasteiger partial charge in [0.2, 0.25) is 0 Å². The van der Waals surface area contributed by atoms with Crippen LogP contribution in [0.3, 0.4) is 0 Å². The zero-order chi connectivity index (χ0) is 87.3. The van der Waals surface area contributed by atoms with Crippen molar-refractivity contribution in [2.24, 2.45) is 5.11 Å². The summed E-state index contributed by atoms with van der Waals surface area (Å²) in [4.78, 5) is 108. The van der Waals surface area contributed by atoms with Gasteiger partial charge in [0.05, 0.1) is 38.1 Å².